The SMILES string of the molecule is CCNC(=O)NCc1ccc(Cl)s1. The van der Waals surface area contributed by atoms with Crippen LogP contribution >= 0.6 is 22.9 Å². The molecule has 0 aliphatic heterocycles. The van der Waals surface area contributed by atoms with Gasteiger partial charge in [-0.25, -0.2) is 4.79 Å². The van der Waals surface area contributed by atoms with Gasteiger partial charge >= 0.3 is 6.03 Å². The van der Waals surface area contributed by atoms with Gasteiger partial charge in [0.1, 0.15) is 0 Å². The molecule has 72 valence electrons. The van der Waals surface area contributed by atoms with Crippen molar-refractivity contribution in [1.29, 1.82) is 0 Å². The van der Waals surface area contributed by atoms with Gasteiger partial charge in [-0.15, -0.1) is 11.3 Å². The number of halogens is 1. The summed E-state index contributed by atoms with van der Waals surface area (Å²) in [4.78, 5) is 12.0. The predicted octanol–water partition coefficient (Wildman–Crippen LogP) is 2.22. The van der Waals surface area contributed by atoms with Gasteiger partial charge in [0.15, 0.2) is 0 Å². The normalized spacial score (nSPS) is 9.69. The molecule has 5 heteroatoms. The van der Waals surface area contributed by atoms with Crippen molar-refractivity contribution in [2.45, 2.75) is 13.5 Å². The van der Waals surface area contributed by atoms with E-state index in [0.717, 1.165) is 9.21 Å². The van der Waals surface area contributed by atoms with Crippen LogP contribution in [0, 0.1) is 0 Å². The molecule has 0 saturated carbocycles. The lowest BCUT2D eigenvalue weighted by atomic mass is 10.5. The highest BCUT2D eigenvalue weighted by Gasteiger charge is 2.00. The monoisotopic (exact) mass is 218 g/mol. The molecule has 0 unspecified atom stereocenters. The summed E-state index contributed by atoms with van der Waals surface area (Å²) in [5.74, 6) is 0. The predicted molar refractivity (Wildman–Crippen MR) is 55.2 cm³/mol. The molecule has 13 heavy (non-hydrogen) atoms. The molecule has 0 aromatic carbocycles. The van der Waals surface area contributed by atoms with Crippen molar-refractivity contribution in [2.75, 3.05) is 6.54 Å². The highest BCUT2D eigenvalue weighted by Crippen LogP contribution is 2.20. The molecule has 0 saturated heterocycles. The van der Waals surface area contributed by atoms with Crippen LogP contribution in [-0.2, 0) is 6.54 Å². The van der Waals surface area contributed by atoms with Crippen LogP contribution in [0.5, 0.6) is 0 Å². The summed E-state index contributed by atoms with van der Waals surface area (Å²) in [7, 11) is 0. The van der Waals surface area contributed by atoms with Gasteiger partial charge in [-0.3, -0.25) is 0 Å². The van der Waals surface area contributed by atoms with Crippen LogP contribution in [0.4, 0.5) is 4.79 Å². The Labute approximate surface area is 86.1 Å². The number of urea groups is 1. The van der Waals surface area contributed by atoms with Crippen molar-refractivity contribution in [3.8, 4) is 0 Å². The molecule has 0 spiro atoms. The zero-order valence-electron chi connectivity index (χ0n) is 7.26. The molecule has 0 aliphatic carbocycles. The van der Waals surface area contributed by atoms with Gasteiger partial charge in [0.05, 0.1) is 10.9 Å². The first-order chi connectivity index (χ1) is 6.22. The van der Waals surface area contributed by atoms with Gasteiger partial charge in [0.2, 0.25) is 0 Å². The maximum Gasteiger partial charge on any atom is 0.315 e. The average molecular weight is 219 g/mol. The van der Waals surface area contributed by atoms with Gasteiger partial charge < -0.3 is 10.6 Å². The van der Waals surface area contributed by atoms with Crippen molar-refractivity contribution in [1.82, 2.24) is 10.6 Å². The highest BCUT2D eigenvalue weighted by molar-refractivity contribution is 7.16. The Morgan fingerprint density at radius 1 is 1.54 bits per heavy atom. The largest absolute Gasteiger partial charge is 0.338 e. The molecule has 1 rings (SSSR count). The smallest absolute Gasteiger partial charge is 0.315 e. The van der Waals surface area contributed by atoms with E-state index in [4.69, 9.17) is 11.6 Å². The number of hydrogen-bond acceptors (Lipinski definition) is 2. The van der Waals surface area contributed by atoms with E-state index in [1.807, 2.05) is 19.1 Å². The van der Waals surface area contributed by atoms with E-state index in [2.05, 4.69) is 10.6 Å². The molecule has 0 fully saturated rings. The number of nitrogens with one attached hydrogen (secondary N) is 2. The molecule has 1 aromatic rings. The fourth-order valence-electron chi connectivity index (χ4n) is 0.837. The number of hydrogen-bond donors (Lipinski definition) is 2. The maximum atomic E-state index is 11.0. The second kappa shape index (κ2) is 5.09. The van der Waals surface area contributed by atoms with Gasteiger partial charge in [-0.2, -0.15) is 0 Å². The molecule has 3 nitrogen and oxygen atoms in total. The maximum absolute atomic E-state index is 11.0. The van der Waals surface area contributed by atoms with Gasteiger partial charge in [-0.05, 0) is 19.1 Å². The van der Waals surface area contributed by atoms with Gasteiger partial charge in [-0.1, -0.05) is 11.6 Å². The Balaban J connectivity index is 2.30. The third-order valence-electron chi connectivity index (χ3n) is 1.39. The van der Waals surface area contributed by atoms with Crippen molar-refractivity contribution in [2.24, 2.45) is 0 Å². The number of carbonyl (C=O) groups excluding carboxylic acids is 1. The lowest BCUT2D eigenvalue weighted by Crippen LogP contribution is -2.34. The van der Waals surface area contributed by atoms with Crippen molar-refractivity contribution in [3.05, 3.63) is 21.3 Å². The zero-order chi connectivity index (χ0) is 9.68. The van der Waals surface area contributed by atoms with Gasteiger partial charge in [0, 0.05) is 11.4 Å². The minimum absolute atomic E-state index is 0.146. The molecule has 1 aromatic heterocycles. The lowest BCUT2D eigenvalue weighted by molar-refractivity contribution is 0.241. The standard InChI is InChI=1S/C8H11ClN2OS/c1-2-10-8(12)11-5-6-3-4-7(9)13-6/h3-4H,2,5H2,1H3,(H2,10,11,12). The summed E-state index contributed by atoms with van der Waals surface area (Å²) >= 11 is 7.20. The highest BCUT2D eigenvalue weighted by atomic mass is 35.5. The molecule has 2 amide bonds. The average Bonchev–Trinajstić information content (AvgIpc) is 2.49. The Kier molecular flexibility index (Phi) is 4.05. The minimum Gasteiger partial charge on any atom is -0.338 e. The summed E-state index contributed by atoms with van der Waals surface area (Å²) in [5.41, 5.74) is 0. The van der Waals surface area contributed by atoms with Crippen LogP contribution in [0.1, 0.15) is 11.8 Å². The van der Waals surface area contributed by atoms with E-state index in [-0.39, 0.29) is 6.03 Å². The van der Waals surface area contributed by atoms with E-state index >= 15 is 0 Å². The van der Waals surface area contributed by atoms with E-state index < -0.39 is 0 Å². The van der Waals surface area contributed by atoms with Crippen LogP contribution in [0.25, 0.3) is 0 Å². The summed E-state index contributed by atoms with van der Waals surface area (Å²) < 4.78 is 0.743. The van der Waals surface area contributed by atoms with Crippen molar-refractivity contribution in [3.63, 3.8) is 0 Å². The fourth-order valence-corrected chi connectivity index (χ4v) is 1.86. The summed E-state index contributed by atoms with van der Waals surface area (Å²) in [6.45, 7) is 3.04. The Bertz CT molecular complexity index is 287. The molecule has 0 aliphatic rings. The molecule has 0 radical (unpaired) electrons. The summed E-state index contributed by atoms with van der Waals surface area (Å²) in [6, 6.07) is 3.58. The molecule has 0 bridgehead atoms. The third-order valence-corrected chi connectivity index (χ3v) is 2.62. The van der Waals surface area contributed by atoms with Crippen LogP contribution in [-0.4, -0.2) is 12.6 Å². The number of amides is 2. The first-order valence-corrected chi connectivity index (χ1v) is 5.17. The summed E-state index contributed by atoms with van der Waals surface area (Å²) in [6.07, 6.45) is 0. The van der Waals surface area contributed by atoms with E-state index in [1.54, 1.807) is 0 Å². The van der Waals surface area contributed by atoms with Crippen molar-refractivity contribution < 1.29 is 4.79 Å². The molecule has 2 N–H and O–H groups in total. The van der Waals surface area contributed by atoms with E-state index in [0.29, 0.717) is 13.1 Å². The second-order valence-electron chi connectivity index (χ2n) is 2.42. The Hall–Kier alpha value is -0.740. The Morgan fingerprint density at radius 2 is 2.31 bits per heavy atom. The second-order valence-corrected chi connectivity index (χ2v) is 4.22. The minimum atomic E-state index is -0.146. The quantitative estimate of drug-likeness (QED) is 0.803. The first-order valence-electron chi connectivity index (χ1n) is 3.98. The van der Waals surface area contributed by atoms with Crippen LogP contribution < -0.4 is 10.6 Å². The molecular weight excluding hydrogens is 208 g/mol. The van der Waals surface area contributed by atoms with Crippen molar-refractivity contribution >= 4 is 29.0 Å². The zero-order valence-corrected chi connectivity index (χ0v) is 8.84. The summed E-state index contributed by atoms with van der Waals surface area (Å²) in [5, 5.41) is 5.36. The Morgan fingerprint density at radius 3 is 2.85 bits per heavy atom. The lowest BCUT2D eigenvalue weighted by Gasteiger charge is -2.02. The number of carbonyl (C=O) groups is 1. The van der Waals surface area contributed by atoms with Crippen LogP contribution in [0.15, 0.2) is 12.1 Å². The third kappa shape index (κ3) is 3.65. The molecular formula is C8H11ClN2OS. The van der Waals surface area contributed by atoms with Crippen LogP contribution in [0.3, 0.4) is 0 Å². The van der Waals surface area contributed by atoms with E-state index in [1.165, 1.54) is 11.3 Å². The molecule has 1 heterocycles. The number of rotatable bonds is 3. The van der Waals surface area contributed by atoms with Crippen LogP contribution in [0.2, 0.25) is 4.34 Å². The first kappa shape index (κ1) is 10.3. The fraction of sp³-hybridized carbons (Fsp3) is 0.375. The molecule has 0 atom stereocenters. The van der Waals surface area contributed by atoms with E-state index in [9.17, 15) is 4.79 Å². The van der Waals surface area contributed by atoms with Gasteiger partial charge in [0.25, 0.3) is 0 Å². The number of thiophene rings is 1. The topological polar surface area (TPSA) is 41.1 Å².